The SMILES string of the molecule is COC(=O)/C=C(\C)CS(=O)(=O)c1ccc(C)cc1. The highest BCUT2D eigenvalue weighted by atomic mass is 32.2. The van der Waals surface area contributed by atoms with E-state index in [0.717, 1.165) is 5.56 Å². The molecule has 0 unspecified atom stereocenters. The Morgan fingerprint density at radius 1 is 1.28 bits per heavy atom. The van der Waals surface area contributed by atoms with E-state index < -0.39 is 15.8 Å². The quantitative estimate of drug-likeness (QED) is 0.618. The number of sulfone groups is 1. The third-order valence-electron chi connectivity index (χ3n) is 2.36. The number of aryl methyl sites for hydroxylation is 1. The molecule has 5 heteroatoms. The molecule has 1 aromatic carbocycles. The molecule has 0 aromatic heterocycles. The van der Waals surface area contributed by atoms with Gasteiger partial charge in [0.1, 0.15) is 0 Å². The summed E-state index contributed by atoms with van der Waals surface area (Å²) in [4.78, 5) is 11.3. The molecule has 98 valence electrons. The molecule has 0 heterocycles. The molecule has 0 saturated carbocycles. The van der Waals surface area contributed by atoms with Gasteiger partial charge < -0.3 is 4.74 Å². The Balaban J connectivity index is 2.92. The van der Waals surface area contributed by atoms with Crippen LogP contribution < -0.4 is 0 Å². The van der Waals surface area contributed by atoms with Crippen LogP contribution in [-0.4, -0.2) is 27.2 Å². The van der Waals surface area contributed by atoms with Gasteiger partial charge in [-0.15, -0.1) is 0 Å². The third-order valence-corrected chi connectivity index (χ3v) is 4.19. The molecule has 0 aliphatic carbocycles. The van der Waals surface area contributed by atoms with Gasteiger partial charge in [-0.2, -0.15) is 0 Å². The van der Waals surface area contributed by atoms with E-state index in [0.29, 0.717) is 5.57 Å². The van der Waals surface area contributed by atoms with Crippen molar-refractivity contribution in [2.24, 2.45) is 0 Å². The lowest BCUT2D eigenvalue weighted by Crippen LogP contribution is -2.09. The van der Waals surface area contributed by atoms with Gasteiger partial charge in [0.25, 0.3) is 0 Å². The first-order valence-electron chi connectivity index (χ1n) is 5.39. The van der Waals surface area contributed by atoms with Crippen molar-refractivity contribution in [2.45, 2.75) is 18.7 Å². The van der Waals surface area contributed by atoms with E-state index in [9.17, 15) is 13.2 Å². The van der Waals surface area contributed by atoms with Gasteiger partial charge in [-0.1, -0.05) is 23.3 Å². The summed E-state index contributed by atoms with van der Waals surface area (Å²) in [5, 5.41) is 0. The van der Waals surface area contributed by atoms with Crippen molar-refractivity contribution in [1.29, 1.82) is 0 Å². The van der Waals surface area contributed by atoms with Crippen LogP contribution >= 0.6 is 0 Å². The molecule has 0 spiro atoms. The summed E-state index contributed by atoms with van der Waals surface area (Å²) in [7, 11) is -2.16. The van der Waals surface area contributed by atoms with Crippen molar-refractivity contribution < 1.29 is 17.9 Å². The first-order chi connectivity index (χ1) is 8.35. The standard InChI is InChI=1S/C13H16O4S/c1-10-4-6-12(7-5-10)18(15,16)9-11(2)8-13(14)17-3/h4-8H,9H2,1-3H3/b11-8+. The number of benzene rings is 1. The molecular weight excluding hydrogens is 252 g/mol. The summed E-state index contributed by atoms with van der Waals surface area (Å²) in [5.74, 6) is -0.739. The number of hydrogen-bond acceptors (Lipinski definition) is 4. The zero-order chi connectivity index (χ0) is 13.8. The fraction of sp³-hybridized carbons (Fsp3) is 0.308. The highest BCUT2D eigenvalue weighted by molar-refractivity contribution is 7.91. The largest absolute Gasteiger partial charge is 0.466 e. The Morgan fingerprint density at radius 2 is 1.83 bits per heavy atom. The first kappa shape index (κ1) is 14.4. The Bertz CT molecular complexity index is 553. The van der Waals surface area contributed by atoms with Crippen LogP contribution in [0.5, 0.6) is 0 Å². The molecule has 0 amide bonds. The average molecular weight is 268 g/mol. The van der Waals surface area contributed by atoms with E-state index in [1.807, 2.05) is 6.92 Å². The van der Waals surface area contributed by atoms with Crippen LogP contribution in [0.3, 0.4) is 0 Å². The molecule has 18 heavy (non-hydrogen) atoms. The van der Waals surface area contributed by atoms with E-state index >= 15 is 0 Å². The van der Waals surface area contributed by atoms with Gasteiger partial charge in [-0.05, 0) is 26.0 Å². The van der Waals surface area contributed by atoms with Gasteiger partial charge in [0.2, 0.25) is 0 Å². The van der Waals surface area contributed by atoms with Crippen LogP contribution in [0.15, 0.2) is 40.8 Å². The van der Waals surface area contributed by atoms with Gasteiger partial charge >= 0.3 is 5.97 Å². The van der Waals surface area contributed by atoms with Crippen LogP contribution in [0.1, 0.15) is 12.5 Å². The summed E-state index contributed by atoms with van der Waals surface area (Å²) in [6.07, 6.45) is 1.19. The van der Waals surface area contributed by atoms with Crippen molar-refractivity contribution in [1.82, 2.24) is 0 Å². The van der Waals surface area contributed by atoms with E-state index in [1.165, 1.54) is 13.2 Å². The molecule has 0 bridgehead atoms. The molecule has 0 aliphatic rings. The predicted molar refractivity (Wildman–Crippen MR) is 69.0 cm³/mol. The first-order valence-corrected chi connectivity index (χ1v) is 7.05. The van der Waals surface area contributed by atoms with Crippen molar-refractivity contribution in [2.75, 3.05) is 12.9 Å². The number of rotatable bonds is 4. The smallest absolute Gasteiger partial charge is 0.330 e. The number of methoxy groups -OCH3 is 1. The van der Waals surface area contributed by atoms with Gasteiger partial charge in [-0.25, -0.2) is 13.2 Å². The van der Waals surface area contributed by atoms with E-state index in [4.69, 9.17) is 0 Å². The summed E-state index contributed by atoms with van der Waals surface area (Å²) in [5.41, 5.74) is 1.44. The number of carbonyl (C=O) groups is 1. The van der Waals surface area contributed by atoms with Crippen molar-refractivity contribution in [3.63, 3.8) is 0 Å². The number of hydrogen-bond donors (Lipinski definition) is 0. The Hall–Kier alpha value is -1.62. The minimum atomic E-state index is -3.41. The third kappa shape index (κ3) is 4.00. The highest BCUT2D eigenvalue weighted by Crippen LogP contribution is 2.14. The van der Waals surface area contributed by atoms with Crippen molar-refractivity contribution in [3.8, 4) is 0 Å². The maximum atomic E-state index is 12.0. The van der Waals surface area contributed by atoms with E-state index in [2.05, 4.69) is 4.74 Å². The molecule has 0 aliphatic heterocycles. The Labute approximate surface area is 107 Å². The second-order valence-electron chi connectivity index (χ2n) is 4.09. The lowest BCUT2D eigenvalue weighted by atomic mass is 10.2. The normalized spacial score (nSPS) is 12.3. The summed E-state index contributed by atoms with van der Waals surface area (Å²) < 4.78 is 28.5. The fourth-order valence-corrected chi connectivity index (χ4v) is 2.83. The van der Waals surface area contributed by atoms with Gasteiger partial charge in [0, 0.05) is 6.08 Å². The molecular formula is C13H16O4S. The van der Waals surface area contributed by atoms with E-state index in [1.54, 1.807) is 31.2 Å². The van der Waals surface area contributed by atoms with Crippen LogP contribution in [0.25, 0.3) is 0 Å². The van der Waals surface area contributed by atoms with Crippen LogP contribution in [0, 0.1) is 6.92 Å². The summed E-state index contributed by atoms with van der Waals surface area (Å²) in [6, 6.07) is 6.62. The maximum Gasteiger partial charge on any atom is 0.330 e. The number of ether oxygens (including phenoxy) is 1. The van der Waals surface area contributed by atoms with E-state index in [-0.39, 0.29) is 10.6 Å². The second-order valence-corrected chi connectivity index (χ2v) is 6.08. The molecule has 0 saturated heterocycles. The molecule has 4 nitrogen and oxygen atoms in total. The zero-order valence-corrected chi connectivity index (χ0v) is 11.5. The van der Waals surface area contributed by atoms with Crippen LogP contribution in [0.2, 0.25) is 0 Å². The molecule has 1 aromatic rings. The monoisotopic (exact) mass is 268 g/mol. The molecule has 1 rings (SSSR count). The maximum absolute atomic E-state index is 12.0. The number of carbonyl (C=O) groups excluding carboxylic acids is 1. The Morgan fingerprint density at radius 3 is 2.33 bits per heavy atom. The average Bonchev–Trinajstić information content (AvgIpc) is 2.28. The van der Waals surface area contributed by atoms with Crippen molar-refractivity contribution in [3.05, 3.63) is 41.5 Å². The minimum Gasteiger partial charge on any atom is -0.466 e. The molecule has 0 N–H and O–H groups in total. The van der Waals surface area contributed by atoms with Gasteiger partial charge in [-0.3, -0.25) is 0 Å². The minimum absolute atomic E-state index is 0.189. The second kappa shape index (κ2) is 5.82. The predicted octanol–water partition coefficient (Wildman–Crippen LogP) is 1.89. The molecule has 0 radical (unpaired) electrons. The van der Waals surface area contributed by atoms with Crippen LogP contribution in [-0.2, 0) is 19.4 Å². The van der Waals surface area contributed by atoms with Crippen LogP contribution in [0.4, 0.5) is 0 Å². The number of esters is 1. The zero-order valence-electron chi connectivity index (χ0n) is 10.6. The topological polar surface area (TPSA) is 60.4 Å². The van der Waals surface area contributed by atoms with Crippen molar-refractivity contribution >= 4 is 15.8 Å². The lowest BCUT2D eigenvalue weighted by Gasteiger charge is -2.05. The molecule has 0 fully saturated rings. The summed E-state index contributed by atoms with van der Waals surface area (Å²) >= 11 is 0. The lowest BCUT2D eigenvalue weighted by molar-refractivity contribution is -0.134. The van der Waals surface area contributed by atoms with Gasteiger partial charge in [0.05, 0.1) is 17.8 Å². The highest BCUT2D eigenvalue weighted by Gasteiger charge is 2.15. The van der Waals surface area contributed by atoms with Gasteiger partial charge in [0.15, 0.2) is 9.84 Å². The molecule has 0 atom stereocenters. The fourth-order valence-electron chi connectivity index (χ4n) is 1.43. The summed E-state index contributed by atoms with van der Waals surface area (Å²) in [6.45, 7) is 3.47. The Kier molecular flexibility index (Phi) is 4.67.